The lowest BCUT2D eigenvalue weighted by atomic mass is 9.85. The quantitative estimate of drug-likeness (QED) is 0.616. The van der Waals surface area contributed by atoms with E-state index in [0.29, 0.717) is 23.7 Å². The predicted octanol–water partition coefficient (Wildman–Crippen LogP) is 4.01. The summed E-state index contributed by atoms with van der Waals surface area (Å²) in [4.78, 5) is 28.9. The molecule has 2 heterocycles. The van der Waals surface area contributed by atoms with E-state index in [4.69, 9.17) is 4.52 Å². The highest BCUT2D eigenvalue weighted by molar-refractivity contribution is 5.96. The molecule has 1 atom stereocenters. The number of pyridine rings is 1. The molecule has 148 valence electrons. The molecule has 0 amide bonds. The Bertz CT molecular complexity index is 1140. The van der Waals surface area contributed by atoms with Gasteiger partial charge in [0.15, 0.2) is 5.78 Å². The van der Waals surface area contributed by atoms with E-state index in [-0.39, 0.29) is 17.3 Å². The molecule has 0 bridgehead atoms. The van der Waals surface area contributed by atoms with Crippen LogP contribution < -0.4 is 5.56 Å². The normalized spacial score (nSPS) is 18.4. The average Bonchev–Trinajstić information content (AvgIpc) is 3.30. The molecule has 0 spiro atoms. The number of aryl methyl sites for hydroxylation is 2. The SMILES string of the molecule is Cn1cc(C(=O)C[C@@H]2CCc3cc(-c4noc(C5CCC5)n4)ccc32)ccc1=O. The lowest BCUT2D eigenvalue weighted by Gasteiger charge is -2.20. The van der Waals surface area contributed by atoms with Crippen molar-refractivity contribution in [1.29, 1.82) is 0 Å². The summed E-state index contributed by atoms with van der Waals surface area (Å²) in [6.07, 6.45) is 7.49. The molecule has 6 nitrogen and oxygen atoms in total. The molecule has 3 aromatic rings. The summed E-state index contributed by atoms with van der Waals surface area (Å²) in [5.41, 5.74) is 3.95. The van der Waals surface area contributed by atoms with Gasteiger partial charge in [0, 0.05) is 42.8 Å². The molecule has 0 unspecified atom stereocenters. The molecule has 0 radical (unpaired) electrons. The minimum atomic E-state index is -0.109. The third-order valence-electron chi connectivity index (χ3n) is 6.34. The van der Waals surface area contributed by atoms with Gasteiger partial charge in [-0.15, -0.1) is 0 Å². The number of Topliss-reactive ketones (excluding diaryl/α,β-unsaturated/α-hetero) is 1. The second-order valence-electron chi connectivity index (χ2n) is 8.23. The summed E-state index contributed by atoms with van der Waals surface area (Å²) < 4.78 is 6.90. The van der Waals surface area contributed by atoms with Crippen LogP contribution in [0.3, 0.4) is 0 Å². The Morgan fingerprint density at radius 1 is 1.21 bits per heavy atom. The second-order valence-corrected chi connectivity index (χ2v) is 8.23. The Balaban J connectivity index is 1.33. The molecule has 2 aromatic heterocycles. The van der Waals surface area contributed by atoms with Crippen LogP contribution in [0.1, 0.15) is 71.3 Å². The number of hydrogen-bond acceptors (Lipinski definition) is 5. The molecule has 0 N–H and O–H groups in total. The topological polar surface area (TPSA) is 78.0 Å². The van der Waals surface area contributed by atoms with E-state index >= 15 is 0 Å². The van der Waals surface area contributed by atoms with Crippen molar-refractivity contribution in [2.24, 2.45) is 7.05 Å². The molecular formula is C23H23N3O3. The first-order valence-corrected chi connectivity index (χ1v) is 10.2. The van der Waals surface area contributed by atoms with Crippen LogP contribution in [-0.2, 0) is 13.5 Å². The first-order chi connectivity index (χ1) is 14.1. The molecule has 29 heavy (non-hydrogen) atoms. The van der Waals surface area contributed by atoms with Gasteiger partial charge in [0.2, 0.25) is 17.3 Å². The second kappa shape index (κ2) is 7.10. The summed E-state index contributed by atoms with van der Waals surface area (Å²) in [5, 5.41) is 4.17. The van der Waals surface area contributed by atoms with Gasteiger partial charge in [0.1, 0.15) is 0 Å². The lowest BCUT2D eigenvalue weighted by Crippen LogP contribution is -2.17. The number of rotatable bonds is 5. The van der Waals surface area contributed by atoms with Crippen LogP contribution in [0.2, 0.25) is 0 Å². The van der Waals surface area contributed by atoms with Crippen LogP contribution in [-0.4, -0.2) is 20.5 Å². The van der Waals surface area contributed by atoms with Gasteiger partial charge >= 0.3 is 0 Å². The largest absolute Gasteiger partial charge is 0.339 e. The van der Waals surface area contributed by atoms with Gasteiger partial charge in [-0.25, -0.2) is 0 Å². The lowest BCUT2D eigenvalue weighted by molar-refractivity contribution is 0.0973. The monoisotopic (exact) mass is 389 g/mol. The number of benzene rings is 1. The van der Waals surface area contributed by atoms with Gasteiger partial charge < -0.3 is 9.09 Å². The minimum absolute atomic E-state index is 0.0748. The van der Waals surface area contributed by atoms with Crippen LogP contribution in [0.25, 0.3) is 11.4 Å². The summed E-state index contributed by atoms with van der Waals surface area (Å²) >= 11 is 0. The third-order valence-corrected chi connectivity index (χ3v) is 6.34. The molecule has 2 aliphatic carbocycles. The maximum atomic E-state index is 12.7. The Morgan fingerprint density at radius 3 is 2.83 bits per heavy atom. The van der Waals surface area contributed by atoms with E-state index < -0.39 is 0 Å². The number of aromatic nitrogens is 3. The molecule has 1 aromatic carbocycles. The molecule has 0 saturated heterocycles. The zero-order chi connectivity index (χ0) is 20.0. The Morgan fingerprint density at radius 2 is 2.07 bits per heavy atom. The van der Waals surface area contributed by atoms with Crippen molar-refractivity contribution in [3.8, 4) is 11.4 Å². The highest BCUT2D eigenvalue weighted by Crippen LogP contribution is 2.39. The smallest absolute Gasteiger partial charge is 0.250 e. The first-order valence-electron chi connectivity index (χ1n) is 10.2. The van der Waals surface area contributed by atoms with Crippen molar-refractivity contribution in [2.45, 2.75) is 50.4 Å². The van der Waals surface area contributed by atoms with Crippen LogP contribution in [0.15, 0.2) is 45.8 Å². The van der Waals surface area contributed by atoms with E-state index in [1.54, 1.807) is 19.3 Å². The Labute approximate surface area is 168 Å². The van der Waals surface area contributed by atoms with Crippen molar-refractivity contribution in [3.05, 3.63) is 69.5 Å². The van der Waals surface area contributed by atoms with Crippen molar-refractivity contribution < 1.29 is 9.32 Å². The van der Waals surface area contributed by atoms with Crippen LogP contribution >= 0.6 is 0 Å². The number of fused-ring (bicyclic) bond motifs is 1. The third kappa shape index (κ3) is 3.33. The van der Waals surface area contributed by atoms with Gasteiger partial charge in [-0.05, 0) is 54.9 Å². The number of carbonyl (C=O) groups excluding carboxylic acids is 1. The summed E-state index contributed by atoms with van der Waals surface area (Å²) in [6.45, 7) is 0. The van der Waals surface area contributed by atoms with Gasteiger partial charge in [-0.3, -0.25) is 9.59 Å². The molecule has 0 aliphatic heterocycles. The number of ketones is 1. The highest BCUT2D eigenvalue weighted by Gasteiger charge is 2.28. The molecule has 1 fully saturated rings. The Hall–Kier alpha value is -3.02. The van der Waals surface area contributed by atoms with E-state index in [1.165, 1.54) is 28.2 Å². The van der Waals surface area contributed by atoms with Crippen molar-refractivity contribution in [2.75, 3.05) is 0 Å². The fourth-order valence-corrected chi connectivity index (χ4v) is 4.33. The summed E-state index contributed by atoms with van der Waals surface area (Å²) in [5.74, 6) is 2.12. The predicted molar refractivity (Wildman–Crippen MR) is 108 cm³/mol. The van der Waals surface area contributed by atoms with Gasteiger partial charge in [-0.1, -0.05) is 23.7 Å². The van der Waals surface area contributed by atoms with E-state index in [1.807, 2.05) is 6.07 Å². The van der Waals surface area contributed by atoms with Crippen molar-refractivity contribution in [1.82, 2.24) is 14.7 Å². The van der Waals surface area contributed by atoms with Gasteiger partial charge in [0.05, 0.1) is 0 Å². The zero-order valence-corrected chi connectivity index (χ0v) is 16.4. The van der Waals surface area contributed by atoms with Gasteiger partial charge in [0.25, 0.3) is 0 Å². The van der Waals surface area contributed by atoms with Crippen molar-refractivity contribution >= 4 is 5.78 Å². The number of nitrogens with zero attached hydrogens (tertiary/aromatic N) is 3. The maximum absolute atomic E-state index is 12.7. The fraction of sp³-hybridized carbons (Fsp3) is 0.391. The molecule has 2 aliphatic rings. The van der Waals surface area contributed by atoms with E-state index in [0.717, 1.165) is 37.1 Å². The average molecular weight is 389 g/mol. The fourth-order valence-electron chi connectivity index (χ4n) is 4.33. The highest BCUT2D eigenvalue weighted by atomic mass is 16.5. The van der Waals surface area contributed by atoms with Crippen LogP contribution in [0.5, 0.6) is 0 Å². The molecule has 1 saturated carbocycles. The Kier molecular flexibility index (Phi) is 4.42. The number of carbonyl (C=O) groups is 1. The summed E-state index contributed by atoms with van der Waals surface area (Å²) in [6, 6.07) is 9.35. The first kappa shape index (κ1) is 18.0. The summed E-state index contributed by atoms with van der Waals surface area (Å²) in [7, 11) is 1.67. The standard InChI is InChI=1S/C23H23N3O3/c1-26-13-18(8-10-21(26)28)20(27)12-16-6-5-15-11-17(7-9-19(15)16)22-24-23(29-25-22)14-3-2-4-14/h7-11,13-14,16H,2-6,12H2,1H3/t16-/m0/s1. The molecule has 6 heteroatoms. The van der Waals surface area contributed by atoms with Crippen LogP contribution in [0.4, 0.5) is 0 Å². The maximum Gasteiger partial charge on any atom is 0.250 e. The number of hydrogen-bond donors (Lipinski definition) is 0. The van der Waals surface area contributed by atoms with E-state index in [9.17, 15) is 9.59 Å². The van der Waals surface area contributed by atoms with E-state index in [2.05, 4.69) is 22.3 Å². The molecule has 5 rings (SSSR count). The van der Waals surface area contributed by atoms with Gasteiger partial charge in [-0.2, -0.15) is 4.98 Å². The molecular weight excluding hydrogens is 366 g/mol. The minimum Gasteiger partial charge on any atom is -0.339 e. The van der Waals surface area contributed by atoms with Crippen LogP contribution in [0, 0.1) is 0 Å². The zero-order valence-electron chi connectivity index (χ0n) is 16.4. The van der Waals surface area contributed by atoms with Crippen molar-refractivity contribution in [3.63, 3.8) is 0 Å².